The third-order valence-electron chi connectivity index (χ3n) is 3.03. The molecular formula is C12H24N2O2. The molecule has 0 aromatic carbocycles. The van der Waals surface area contributed by atoms with Crippen molar-refractivity contribution in [1.82, 2.24) is 10.6 Å². The van der Waals surface area contributed by atoms with Crippen LogP contribution in [0, 0.1) is 5.92 Å². The zero-order chi connectivity index (χ0) is 11.8. The van der Waals surface area contributed by atoms with Gasteiger partial charge in [-0.1, -0.05) is 0 Å². The molecule has 0 radical (unpaired) electrons. The summed E-state index contributed by atoms with van der Waals surface area (Å²) in [5.41, 5.74) is 0. The minimum atomic E-state index is 0.104. The van der Waals surface area contributed by atoms with Gasteiger partial charge in [0.1, 0.15) is 0 Å². The summed E-state index contributed by atoms with van der Waals surface area (Å²) in [6.45, 7) is 7.17. The van der Waals surface area contributed by atoms with E-state index in [0.29, 0.717) is 31.6 Å². The van der Waals surface area contributed by atoms with Gasteiger partial charge in [-0.05, 0) is 39.2 Å². The van der Waals surface area contributed by atoms with Gasteiger partial charge in [0.15, 0.2) is 0 Å². The highest BCUT2D eigenvalue weighted by Gasteiger charge is 2.17. The first-order valence-electron chi connectivity index (χ1n) is 6.30. The Hall–Kier alpha value is -0.610. The van der Waals surface area contributed by atoms with Crippen LogP contribution in [0.3, 0.4) is 0 Å². The number of hydrogen-bond donors (Lipinski definition) is 2. The van der Waals surface area contributed by atoms with E-state index in [2.05, 4.69) is 17.6 Å². The molecule has 4 nitrogen and oxygen atoms in total. The van der Waals surface area contributed by atoms with Crippen LogP contribution in [-0.4, -0.2) is 38.3 Å². The summed E-state index contributed by atoms with van der Waals surface area (Å²) in [7, 11) is 0. The molecule has 0 spiro atoms. The van der Waals surface area contributed by atoms with Gasteiger partial charge in [0.05, 0.1) is 6.61 Å². The molecular weight excluding hydrogens is 204 g/mol. The first-order valence-corrected chi connectivity index (χ1v) is 6.30. The zero-order valence-corrected chi connectivity index (χ0v) is 10.4. The third-order valence-corrected chi connectivity index (χ3v) is 3.03. The van der Waals surface area contributed by atoms with Gasteiger partial charge >= 0.3 is 0 Å². The quantitative estimate of drug-likeness (QED) is 0.665. The number of carbonyl (C=O) groups excluding carboxylic acids is 1. The maximum Gasteiger partial charge on any atom is 0.222 e. The van der Waals surface area contributed by atoms with Gasteiger partial charge in [-0.3, -0.25) is 4.79 Å². The number of carbonyl (C=O) groups is 1. The smallest absolute Gasteiger partial charge is 0.222 e. The molecule has 2 unspecified atom stereocenters. The molecule has 1 amide bonds. The van der Waals surface area contributed by atoms with Crippen molar-refractivity contribution in [2.24, 2.45) is 5.92 Å². The topological polar surface area (TPSA) is 50.4 Å². The van der Waals surface area contributed by atoms with Crippen molar-refractivity contribution < 1.29 is 9.53 Å². The molecule has 1 fully saturated rings. The Bertz CT molecular complexity index is 201. The molecule has 0 bridgehead atoms. The molecule has 1 aliphatic heterocycles. The molecule has 2 atom stereocenters. The SMILES string of the molecule is CCOCCC(=O)NCC1CCC(C)NC1. The predicted octanol–water partition coefficient (Wildman–Crippen LogP) is 0.917. The highest BCUT2D eigenvalue weighted by atomic mass is 16.5. The van der Waals surface area contributed by atoms with Gasteiger partial charge in [-0.2, -0.15) is 0 Å². The molecule has 94 valence electrons. The van der Waals surface area contributed by atoms with Crippen molar-refractivity contribution in [2.45, 2.75) is 39.2 Å². The molecule has 1 aliphatic rings. The van der Waals surface area contributed by atoms with Crippen LogP contribution in [-0.2, 0) is 9.53 Å². The summed E-state index contributed by atoms with van der Waals surface area (Å²) in [5, 5.41) is 6.40. The van der Waals surface area contributed by atoms with Crippen molar-refractivity contribution in [3.05, 3.63) is 0 Å². The molecule has 0 aromatic heterocycles. The summed E-state index contributed by atoms with van der Waals surface area (Å²) < 4.78 is 5.14. The lowest BCUT2D eigenvalue weighted by Crippen LogP contribution is -2.42. The van der Waals surface area contributed by atoms with Crippen molar-refractivity contribution >= 4 is 5.91 Å². The number of ether oxygens (including phenoxy) is 1. The standard InChI is InChI=1S/C12H24N2O2/c1-3-16-7-6-12(15)14-9-11-5-4-10(2)13-8-11/h10-11,13H,3-9H2,1-2H3,(H,14,15). The molecule has 4 heteroatoms. The van der Waals surface area contributed by atoms with E-state index in [9.17, 15) is 4.79 Å². The Balaban J connectivity index is 2.03. The summed E-state index contributed by atoms with van der Waals surface area (Å²) in [4.78, 5) is 11.4. The maximum atomic E-state index is 11.4. The minimum Gasteiger partial charge on any atom is -0.381 e. The Labute approximate surface area is 98.1 Å². The molecule has 0 aromatic rings. The van der Waals surface area contributed by atoms with E-state index in [-0.39, 0.29) is 5.91 Å². The van der Waals surface area contributed by atoms with Crippen LogP contribution < -0.4 is 10.6 Å². The van der Waals surface area contributed by atoms with Crippen LogP contribution in [0.4, 0.5) is 0 Å². The molecule has 0 saturated carbocycles. The Morgan fingerprint density at radius 3 is 2.94 bits per heavy atom. The lowest BCUT2D eigenvalue weighted by atomic mass is 9.95. The second kappa shape index (κ2) is 7.63. The third kappa shape index (κ3) is 5.47. The Morgan fingerprint density at radius 1 is 1.50 bits per heavy atom. The first-order chi connectivity index (χ1) is 7.72. The Kier molecular flexibility index (Phi) is 6.42. The highest BCUT2D eigenvalue weighted by molar-refractivity contribution is 5.75. The van der Waals surface area contributed by atoms with E-state index in [1.54, 1.807) is 0 Å². The lowest BCUT2D eigenvalue weighted by Gasteiger charge is -2.27. The van der Waals surface area contributed by atoms with Crippen LogP contribution in [0.25, 0.3) is 0 Å². The summed E-state index contributed by atoms with van der Waals surface area (Å²) >= 11 is 0. The van der Waals surface area contributed by atoms with Gasteiger partial charge in [0.25, 0.3) is 0 Å². The van der Waals surface area contributed by atoms with Crippen molar-refractivity contribution in [2.75, 3.05) is 26.3 Å². The molecule has 16 heavy (non-hydrogen) atoms. The maximum absolute atomic E-state index is 11.4. The van der Waals surface area contributed by atoms with Gasteiger partial charge in [-0.15, -0.1) is 0 Å². The van der Waals surface area contributed by atoms with Gasteiger partial charge in [-0.25, -0.2) is 0 Å². The fourth-order valence-corrected chi connectivity index (χ4v) is 1.89. The van der Waals surface area contributed by atoms with E-state index in [1.807, 2.05) is 6.92 Å². The average Bonchev–Trinajstić information content (AvgIpc) is 2.29. The zero-order valence-electron chi connectivity index (χ0n) is 10.4. The van der Waals surface area contributed by atoms with Crippen molar-refractivity contribution in [3.63, 3.8) is 0 Å². The van der Waals surface area contributed by atoms with E-state index in [0.717, 1.165) is 13.1 Å². The van der Waals surface area contributed by atoms with Crippen molar-refractivity contribution in [1.29, 1.82) is 0 Å². The van der Waals surface area contributed by atoms with Crippen LogP contribution in [0.2, 0.25) is 0 Å². The van der Waals surface area contributed by atoms with Gasteiger partial charge < -0.3 is 15.4 Å². The van der Waals surface area contributed by atoms with E-state index < -0.39 is 0 Å². The Morgan fingerprint density at radius 2 is 2.31 bits per heavy atom. The van der Waals surface area contributed by atoms with E-state index in [1.165, 1.54) is 12.8 Å². The van der Waals surface area contributed by atoms with Gasteiger partial charge in [0.2, 0.25) is 5.91 Å². The second-order valence-electron chi connectivity index (χ2n) is 4.50. The van der Waals surface area contributed by atoms with Crippen LogP contribution in [0.15, 0.2) is 0 Å². The van der Waals surface area contributed by atoms with Crippen LogP contribution in [0.5, 0.6) is 0 Å². The largest absolute Gasteiger partial charge is 0.381 e. The lowest BCUT2D eigenvalue weighted by molar-refractivity contribution is -0.122. The fourth-order valence-electron chi connectivity index (χ4n) is 1.89. The number of rotatable bonds is 6. The molecule has 1 rings (SSSR count). The average molecular weight is 228 g/mol. The number of nitrogens with one attached hydrogen (secondary N) is 2. The van der Waals surface area contributed by atoms with E-state index in [4.69, 9.17) is 4.74 Å². The monoisotopic (exact) mass is 228 g/mol. The predicted molar refractivity (Wildman–Crippen MR) is 64.3 cm³/mol. The fraction of sp³-hybridized carbons (Fsp3) is 0.917. The van der Waals surface area contributed by atoms with E-state index >= 15 is 0 Å². The second-order valence-corrected chi connectivity index (χ2v) is 4.50. The van der Waals surface area contributed by atoms with Crippen molar-refractivity contribution in [3.8, 4) is 0 Å². The van der Waals surface area contributed by atoms with Crippen LogP contribution >= 0.6 is 0 Å². The summed E-state index contributed by atoms with van der Waals surface area (Å²) in [6, 6.07) is 0.630. The molecule has 1 saturated heterocycles. The first kappa shape index (κ1) is 13.5. The van der Waals surface area contributed by atoms with Gasteiger partial charge in [0, 0.05) is 25.6 Å². The number of amides is 1. The number of piperidine rings is 1. The molecule has 0 aliphatic carbocycles. The summed E-state index contributed by atoms with van der Waals surface area (Å²) in [5.74, 6) is 0.694. The minimum absolute atomic E-state index is 0.104. The molecule has 1 heterocycles. The van der Waals surface area contributed by atoms with Crippen LogP contribution in [0.1, 0.15) is 33.1 Å². The highest BCUT2D eigenvalue weighted by Crippen LogP contribution is 2.12. The number of hydrogen-bond acceptors (Lipinski definition) is 3. The summed E-state index contributed by atoms with van der Waals surface area (Å²) in [6.07, 6.45) is 2.89. The normalized spacial score (nSPS) is 25.4. The molecule has 2 N–H and O–H groups in total.